The van der Waals surface area contributed by atoms with Gasteiger partial charge in [-0.1, -0.05) is 0 Å². The van der Waals surface area contributed by atoms with Crippen molar-refractivity contribution >= 4 is 98.5 Å². The molecule has 0 spiro atoms. The predicted molar refractivity (Wildman–Crippen MR) is 17.3 cm³/mol. The molecule has 0 amide bonds. The first kappa shape index (κ1) is 45.1. The summed E-state index contributed by atoms with van der Waals surface area (Å²) in [5.74, 6) is 0. The summed E-state index contributed by atoms with van der Waals surface area (Å²) in [6.07, 6.45) is 0. The Morgan fingerprint density at radius 3 is 0.833 bits per heavy atom. The second kappa shape index (κ2) is 33.0. The van der Waals surface area contributed by atoms with Gasteiger partial charge in [-0.2, -0.15) is 0 Å². The van der Waals surface area contributed by atoms with E-state index in [9.17, 15) is 0 Å². The smallest absolute Gasteiger partial charge is 1.00 e. The SMILES string of the molecule is [Br-].[Ca+2].[Ca+2].[Cl-].[I-].[Mg+2]. The molecule has 0 saturated carbocycles. The summed E-state index contributed by atoms with van der Waals surface area (Å²) in [7, 11) is 0. The molecule has 24 valence electrons. The Balaban J connectivity index is 0. The molecule has 0 aliphatic carbocycles. The second-order valence-electron chi connectivity index (χ2n) is 0. The summed E-state index contributed by atoms with van der Waals surface area (Å²) in [5, 5.41) is 0. The fourth-order valence-corrected chi connectivity index (χ4v) is 0. The van der Waals surface area contributed by atoms with Crippen LogP contribution in [0.1, 0.15) is 0 Å². The number of rotatable bonds is 0. The van der Waals surface area contributed by atoms with Gasteiger partial charge in [0, 0.05) is 0 Å². The van der Waals surface area contributed by atoms with Crippen LogP contribution in [0.4, 0.5) is 0 Å². The van der Waals surface area contributed by atoms with Gasteiger partial charge in [0.25, 0.3) is 0 Å². The van der Waals surface area contributed by atoms with Crippen LogP contribution in [0, 0.1) is 0 Å². The molecule has 0 aliphatic heterocycles. The summed E-state index contributed by atoms with van der Waals surface area (Å²) in [5.41, 5.74) is 0. The fourth-order valence-electron chi connectivity index (χ4n) is 0. The molecule has 0 aromatic rings. The molecule has 0 radical (unpaired) electrons. The zero-order valence-corrected chi connectivity index (χ0v) is 13.6. The maximum Gasteiger partial charge on any atom is 2.00 e. The van der Waals surface area contributed by atoms with Crippen molar-refractivity contribution in [1.29, 1.82) is 0 Å². The third-order valence-electron chi connectivity index (χ3n) is 0. The zero-order valence-electron chi connectivity index (χ0n) is 3.26. The van der Waals surface area contributed by atoms with Gasteiger partial charge >= 0.3 is 98.5 Å². The molecule has 0 N–H and O–H groups in total. The minimum atomic E-state index is 0. The van der Waals surface area contributed by atoms with Gasteiger partial charge in [-0.15, -0.1) is 0 Å². The largest absolute Gasteiger partial charge is 2.00 e. The van der Waals surface area contributed by atoms with E-state index in [-0.39, 0.29) is 152 Å². The Labute approximate surface area is 148 Å². The summed E-state index contributed by atoms with van der Waals surface area (Å²) < 4.78 is 0. The van der Waals surface area contributed by atoms with Crippen LogP contribution in [0.5, 0.6) is 0 Å². The molecule has 6 heavy (non-hydrogen) atoms. The van der Waals surface area contributed by atoms with Crippen molar-refractivity contribution in [1.82, 2.24) is 0 Å². The Bertz CT molecular complexity index is 13.5. The molecule has 0 nitrogen and oxygen atoms in total. The summed E-state index contributed by atoms with van der Waals surface area (Å²) in [4.78, 5) is 0. The first-order valence-electron chi connectivity index (χ1n) is 0. The van der Waals surface area contributed by atoms with E-state index in [2.05, 4.69) is 0 Å². The van der Waals surface area contributed by atoms with Gasteiger partial charge in [0.15, 0.2) is 0 Å². The van der Waals surface area contributed by atoms with Gasteiger partial charge < -0.3 is 53.4 Å². The Hall–Kier alpha value is 4.79. The van der Waals surface area contributed by atoms with Crippen molar-refractivity contribution < 1.29 is 53.4 Å². The van der Waals surface area contributed by atoms with E-state index >= 15 is 0 Å². The molecule has 0 bridgehead atoms. The van der Waals surface area contributed by atoms with Crippen molar-refractivity contribution in [2.75, 3.05) is 0 Å². The van der Waals surface area contributed by atoms with Gasteiger partial charge in [-0.05, 0) is 0 Å². The van der Waals surface area contributed by atoms with Crippen LogP contribution in [0.2, 0.25) is 0 Å². The standard InChI is InChI=1S/BrH.2Ca.ClH.HI.Mg/h1H;;;2*1H;/q;2*+2;;;+2/p-3. The quantitative estimate of drug-likeness (QED) is 0.302. The molecule has 0 aromatic carbocycles. The van der Waals surface area contributed by atoms with Crippen molar-refractivity contribution in [2.24, 2.45) is 0 Å². The summed E-state index contributed by atoms with van der Waals surface area (Å²) in [6.45, 7) is 0. The van der Waals surface area contributed by atoms with Crippen LogP contribution in [-0.2, 0) is 0 Å². The molecular weight excluding hydrogens is 347 g/mol. The summed E-state index contributed by atoms with van der Waals surface area (Å²) in [6, 6.07) is 0. The van der Waals surface area contributed by atoms with Crippen molar-refractivity contribution in [3.8, 4) is 0 Å². The van der Waals surface area contributed by atoms with Gasteiger partial charge in [0.1, 0.15) is 0 Å². The normalized spacial score (nSPS) is 0. The van der Waals surface area contributed by atoms with Crippen LogP contribution >= 0.6 is 0 Å². The average molecular weight is 347 g/mol. The van der Waals surface area contributed by atoms with Gasteiger partial charge in [-0.3, -0.25) is 0 Å². The molecule has 0 aliphatic rings. The van der Waals surface area contributed by atoms with E-state index in [0.717, 1.165) is 0 Å². The first-order chi connectivity index (χ1) is 0. The molecule has 0 aromatic heterocycles. The van der Waals surface area contributed by atoms with Crippen molar-refractivity contribution in [2.45, 2.75) is 0 Å². The molecule has 0 heterocycles. The Kier molecular flexibility index (Phi) is 248. The molecular formula is BrCa2ClIMg+3. The molecule has 0 saturated heterocycles. The van der Waals surface area contributed by atoms with Crippen LogP contribution < -0.4 is 53.4 Å². The van der Waals surface area contributed by atoms with Crippen LogP contribution in [0.15, 0.2) is 0 Å². The second-order valence-corrected chi connectivity index (χ2v) is 0. The first-order valence-corrected chi connectivity index (χ1v) is 0. The number of hydrogen-bond donors (Lipinski definition) is 0. The zero-order chi connectivity index (χ0) is 0. The minimum absolute atomic E-state index is 0. The Morgan fingerprint density at radius 2 is 0.833 bits per heavy atom. The van der Waals surface area contributed by atoms with E-state index in [0.29, 0.717) is 0 Å². The van der Waals surface area contributed by atoms with Crippen molar-refractivity contribution in [3.05, 3.63) is 0 Å². The van der Waals surface area contributed by atoms with Gasteiger partial charge in [0.05, 0.1) is 0 Å². The Morgan fingerprint density at radius 1 is 0.833 bits per heavy atom. The van der Waals surface area contributed by atoms with Gasteiger partial charge in [-0.25, -0.2) is 0 Å². The van der Waals surface area contributed by atoms with E-state index in [4.69, 9.17) is 0 Å². The number of hydrogen-bond acceptors (Lipinski definition) is 0. The van der Waals surface area contributed by atoms with E-state index in [1.165, 1.54) is 0 Å². The van der Waals surface area contributed by atoms with E-state index in [1.807, 2.05) is 0 Å². The molecule has 0 atom stereocenters. The molecule has 0 rings (SSSR count). The van der Waals surface area contributed by atoms with Crippen LogP contribution in [0.3, 0.4) is 0 Å². The third-order valence-corrected chi connectivity index (χ3v) is 0. The predicted octanol–water partition coefficient (Wildman–Crippen LogP) is -10.1. The monoisotopic (exact) mass is 345 g/mol. The maximum atomic E-state index is 0. The average Bonchev–Trinajstić information content (AvgIpc) is 0. The molecule has 6 heteroatoms. The third kappa shape index (κ3) is 23.3. The number of halogens is 3. The van der Waals surface area contributed by atoms with E-state index in [1.54, 1.807) is 0 Å². The van der Waals surface area contributed by atoms with Crippen molar-refractivity contribution in [3.63, 3.8) is 0 Å². The fraction of sp³-hybridized carbons (Fsp3) is 0. The summed E-state index contributed by atoms with van der Waals surface area (Å²) >= 11 is 0. The van der Waals surface area contributed by atoms with Crippen LogP contribution in [-0.4, -0.2) is 98.5 Å². The van der Waals surface area contributed by atoms with Gasteiger partial charge in [0.2, 0.25) is 0 Å². The topological polar surface area (TPSA) is 0 Å². The minimum Gasteiger partial charge on any atom is -1.00 e. The molecule has 0 fully saturated rings. The van der Waals surface area contributed by atoms with Crippen LogP contribution in [0.25, 0.3) is 0 Å². The van der Waals surface area contributed by atoms with E-state index < -0.39 is 0 Å². The molecule has 0 unspecified atom stereocenters. The maximum absolute atomic E-state index is 0.